The predicted octanol–water partition coefficient (Wildman–Crippen LogP) is 17.8. The first-order valence-corrected chi connectivity index (χ1v) is 23.8. The van der Waals surface area contributed by atoms with E-state index in [9.17, 15) is 0 Å². The van der Waals surface area contributed by atoms with Gasteiger partial charge in [0.15, 0.2) is 0 Å². The first kappa shape index (κ1) is 41.5. The lowest BCUT2D eigenvalue weighted by Crippen LogP contribution is -2.14. The zero-order valence-electron chi connectivity index (χ0n) is 38.4. The van der Waals surface area contributed by atoms with Crippen LogP contribution in [0.15, 0.2) is 248 Å². The molecule has 1 heterocycles. The fraction of sp³-hybridized carbons (Fsp3) is 0.0448. The van der Waals surface area contributed by atoms with Crippen molar-refractivity contribution < 1.29 is 0 Å². The molecule has 2 nitrogen and oxygen atoms in total. The number of rotatable bonds is 9. The Bertz CT molecular complexity index is 3760. The summed E-state index contributed by atoms with van der Waals surface area (Å²) in [6.07, 6.45) is 24.3. The number of terminal acetylenes is 1. The highest BCUT2D eigenvalue weighted by molar-refractivity contribution is 6.10. The van der Waals surface area contributed by atoms with Crippen molar-refractivity contribution in [1.82, 2.24) is 4.57 Å². The van der Waals surface area contributed by atoms with Crippen molar-refractivity contribution in [3.63, 3.8) is 0 Å². The molecule has 0 saturated heterocycles. The van der Waals surface area contributed by atoms with E-state index in [1.54, 1.807) is 6.08 Å². The van der Waals surface area contributed by atoms with E-state index in [1.807, 2.05) is 0 Å². The minimum atomic E-state index is 0.321. The molecule has 2 aliphatic carbocycles. The van der Waals surface area contributed by atoms with Crippen LogP contribution in [0.3, 0.4) is 0 Å². The van der Waals surface area contributed by atoms with Gasteiger partial charge in [-0.15, -0.1) is 6.42 Å². The lowest BCUT2D eigenvalue weighted by atomic mass is 9.81. The fourth-order valence-electron chi connectivity index (χ4n) is 10.7. The van der Waals surface area contributed by atoms with Crippen LogP contribution in [0.4, 0.5) is 17.1 Å². The lowest BCUT2D eigenvalue weighted by Gasteiger charge is -2.31. The largest absolute Gasteiger partial charge is 0.310 e. The van der Waals surface area contributed by atoms with Gasteiger partial charge >= 0.3 is 0 Å². The quantitative estimate of drug-likeness (QED) is 0.131. The molecule has 0 aliphatic heterocycles. The first-order valence-electron chi connectivity index (χ1n) is 23.8. The van der Waals surface area contributed by atoms with Crippen molar-refractivity contribution in [1.29, 1.82) is 0 Å². The van der Waals surface area contributed by atoms with Crippen molar-refractivity contribution in [3.05, 3.63) is 265 Å². The molecule has 1 aromatic heterocycles. The van der Waals surface area contributed by atoms with Crippen molar-refractivity contribution in [3.8, 4) is 51.4 Å². The molecule has 0 bridgehead atoms. The summed E-state index contributed by atoms with van der Waals surface area (Å²) in [4.78, 5) is 2.45. The third-order valence-corrected chi connectivity index (χ3v) is 14.0. The number of nitrogens with zero attached hydrogens (tertiary/aromatic N) is 2. The summed E-state index contributed by atoms with van der Waals surface area (Å²) in [5.74, 6) is 3.05. The average molecular weight is 881 g/mol. The van der Waals surface area contributed by atoms with Crippen LogP contribution in [0.1, 0.15) is 23.1 Å². The molecule has 0 amide bonds. The minimum absolute atomic E-state index is 0.321. The van der Waals surface area contributed by atoms with Crippen molar-refractivity contribution in [2.24, 2.45) is 5.92 Å². The molecule has 12 rings (SSSR count). The highest BCUT2D eigenvalue weighted by Crippen LogP contribution is 2.47. The second-order valence-corrected chi connectivity index (χ2v) is 18.0. The molecule has 2 heteroatoms. The van der Waals surface area contributed by atoms with Gasteiger partial charge in [-0.1, -0.05) is 194 Å². The highest BCUT2D eigenvalue weighted by Gasteiger charge is 2.25. The van der Waals surface area contributed by atoms with E-state index in [-0.39, 0.29) is 0 Å². The Kier molecular flexibility index (Phi) is 10.7. The number of fused-ring (bicyclic) bond motifs is 5. The Hall–Kier alpha value is -8.90. The van der Waals surface area contributed by atoms with Gasteiger partial charge in [-0.25, -0.2) is 0 Å². The molecule has 326 valence electrons. The fourth-order valence-corrected chi connectivity index (χ4v) is 10.7. The van der Waals surface area contributed by atoms with Crippen LogP contribution in [0.5, 0.6) is 0 Å². The van der Waals surface area contributed by atoms with Crippen LogP contribution in [-0.4, -0.2) is 4.57 Å². The van der Waals surface area contributed by atoms with Crippen LogP contribution in [0.2, 0.25) is 0 Å². The van der Waals surface area contributed by atoms with Crippen molar-refractivity contribution in [2.45, 2.75) is 13.3 Å². The number of hydrogen-bond acceptors (Lipinski definition) is 1. The Morgan fingerprint density at radius 1 is 0.551 bits per heavy atom. The van der Waals surface area contributed by atoms with E-state index in [0.717, 1.165) is 51.4 Å². The van der Waals surface area contributed by atoms with E-state index < -0.39 is 0 Å². The van der Waals surface area contributed by atoms with E-state index in [2.05, 4.69) is 265 Å². The maximum Gasteiger partial charge on any atom is 0.0546 e. The van der Waals surface area contributed by atoms with Gasteiger partial charge in [0.05, 0.1) is 22.4 Å². The number of allylic oxidation sites excluding steroid dienone is 9. The molecule has 2 aliphatic rings. The van der Waals surface area contributed by atoms with Crippen LogP contribution in [0.25, 0.3) is 83.3 Å². The summed E-state index contributed by atoms with van der Waals surface area (Å²) in [6, 6.07) is 73.3. The summed E-state index contributed by atoms with van der Waals surface area (Å²) in [5, 5.41) is 4.97. The molecule has 0 saturated carbocycles. The Morgan fingerprint density at radius 3 is 1.91 bits per heavy atom. The molecule has 0 spiro atoms. The van der Waals surface area contributed by atoms with Gasteiger partial charge in [-0.2, -0.15) is 0 Å². The predicted molar refractivity (Wildman–Crippen MR) is 294 cm³/mol. The number of aromatic nitrogens is 1. The smallest absolute Gasteiger partial charge is 0.0546 e. The number of aryl methyl sites for hydroxylation is 1. The molecule has 69 heavy (non-hydrogen) atoms. The number of para-hydroxylation sites is 3. The molecular weight excluding hydrogens is 833 g/mol. The molecule has 0 N–H and O–H groups in total. The zero-order valence-corrected chi connectivity index (χ0v) is 38.4. The van der Waals surface area contributed by atoms with Gasteiger partial charge in [0.2, 0.25) is 0 Å². The summed E-state index contributed by atoms with van der Waals surface area (Å²) in [6.45, 7) is 2.15. The molecule has 1 atom stereocenters. The van der Waals surface area contributed by atoms with Crippen molar-refractivity contribution >= 4 is 61.3 Å². The summed E-state index contributed by atoms with van der Waals surface area (Å²) >= 11 is 0. The Labute approximate surface area is 404 Å². The van der Waals surface area contributed by atoms with Crippen LogP contribution in [0, 0.1) is 25.2 Å². The topological polar surface area (TPSA) is 8.17 Å². The normalized spacial score (nSPS) is 14.2. The van der Waals surface area contributed by atoms with Gasteiger partial charge in [0.25, 0.3) is 0 Å². The van der Waals surface area contributed by atoms with Gasteiger partial charge in [0, 0.05) is 39.2 Å². The van der Waals surface area contributed by atoms with E-state index in [4.69, 9.17) is 6.42 Å². The van der Waals surface area contributed by atoms with Crippen LogP contribution >= 0.6 is 0 Å². The Balaban J connectivity index is 1.06. The molecule has 1 unspecified atom stereocenters. The van der Waals surface area contributed by atoms with Gasteiger partial charge in [-0.05, 0) is 135 Å². The maximum atomic E-state index is 5.80. The van der Waals surface area contributed by atoms with Gasteiger partial charge in [0.1, 0.15) is 0 Å². The third kappa shape index (κ3) is 7.42. The SMILES string of the molecule is C#C/C=C\c1c(C)cccc1-c1ccc(C2=C3C=CC=CC3CC=C2)c(N(c2ccc(-c3ccccc3-n3c4ccccc4c4ccccc43)cc2)c2ccc(-c3cccc4ccccc34)cc2)c1. The van der Waals surface area contributed by atoms with Gasteiger partial charge in [-0.3, -0.25) is 0 Å². The number of benzene rings is 9. The van der Waals surface area contributed by atoms with Gasteiger partial charge < -0.3 is 9.47 Å². The van der Waals surface area contributed by atoms with Crippen molar-refractivity contribution in [2.75, 3.05) is 4.90 Å². The molecule has 10 aromatic rings. The summed E-state index contributed by atoms with van der Waals surface area (Å²) in [5.41, 5.74) is 19.7. The Morgan fingerprint density at radius 2 is 1.16 bits per heavy atom. The number of anilines is 3. The lowest BCUT2D eigenvalue weighted by molar-refractivity contribution is 0.784. The molecule has 0 fully saturated rings. The molecular formula is C67H48N2. The second kappa shape index (κ2) is 17.7. The van der Waals surface area contributed by atoms with E-state index >= 15 is 0 Å². The van der Waals surface area contributed by atoms with Crippen LogP contribution < -0.4 is 4.90 Å². The monoisotopic (exact) mass is 880 g/mol. The van der Waals surface area contributed by atoms with E-state index in [0.29, 0.717) is 5.92 Å². The minimum Gasteiger partial charge on any atom is -0.310 e. The molecule has 0 radical (unpaired) electrons. The molecule has 9 aromatic carbocycles. The second-order valence-electron chi connectivity index (χ2n) is 18.0. The number of hydrogen-bond donors (Lipinski definition) is 0. The first-order chi connectivity index (χ1) is 34.1. The average Bonchev–Trinajstić information content (AvgIpc) is 3.75. The highest BCUT2D eigenvalue weighted by atomic mass is 15.1. The summed E-state index contributed by atoms with van der Waals surface area (Å²) < 4.78 is 2.42. The van der Waals surface area contributed by atoms with E-state index in [1.165, 1.54) is 71.5 Å². The zero-order chi connectivity index (χ0) is 46.3. The van der Waals surface area contributed by atoms with Crippen LogP contribution in [-0.2, 0) is 0 Å². The third-order valence-electron chi connectivity index (χ3n) is 14.0. The standard InChI is InChI=1S/C67H48N2/c1-3-4-23-54-46(2)18-15-29-58(54)51-39-44-63(60-31-17-22-48-20-6-8-25-57(48)60)67(45-51)68(52-40-35-49(36-41-52)56-30-16-21-47-19-5-7-24-55(47)56)53-42-37-50(38-43-53)59-26-9-12-32-64(59)69-65-33-13-10-27-61(65)62-28-11-14-34-66(62)69/h1,4-21,23-45,48H,22H2,2H3/b23-4-. The summed E-state index contributed by atoms with van der Waals surface area (Å²) in [7, 11) is 0. The maximum absolute atomic E-state index is 5.80.